The molecule has 1 aromatic carbocycles. The third kappa shape index (κ3) is 4.23. The number of nitrogens with zero attached hydrogens (tertiary/aromatic N) is 1. The predicted molar refractivity (Wildman–Crippen MR) is 87.5 cm³/mol. The molecule has 2 unspecified atom stereocenters. The number of likely N-dealkylation sites (tertiary alicyclic amines) is 1. The summed E-state index contributed by atoms with van der Waals surface area (Å²) < 4.78 is 35.4. The van der Waals surface area contributed by atoms with Crippen molar-refractivity contribution in [3.05, 3.63) is 23.8 Å². The number of hydrogen-bond acceptors (Lipinski definition) is 4. The van der Waals surface area contributed by atoms with E-state index in [2.05, 4.69) is 4.74 Å². The smallest absolute Gasteiger partial charge is 0.387 e. The van der Waals surface area contributed by atoms with E-state index in [1.54, 1.807) is 12.1 Å². The van der Waals surface area contributed by atoms with Gasteiger partial charge in [-0.05, 0) is 42.9 Å². The summed E-state index contributed by atoms with van der Waals surface area (Å²) in [5.74, 6) is -0.935. The van der Waals surface area contributed by atoms with Crippen LogP contribution in [-0.2, 0) is 9.59 Å². The van der Waals surface area contributed by atoms with Crippen LogP contribution >= 0.6 is 0 Å². The molecule has 0 bridgehead atoms. The van der Waals surface area contributed by atoms with Gasteiger partial charge in [0.25, 0.3) is 0 Å². The van der Waals surface area contributed by atoms with Gasteiger partial charge in [0.1, 0.15) is 6.04 Å². The Morgan fingerprint density at radius 3 is 2.58 bits per heavy atom. The second-order valence-corrected chi connectivity index (χ2v) is 6.80. The summed E-state index contributed by atoms with van der Waals surface area (Å²) in [6.07, 6.45) is 2.38. The van der Waals surface area contributed by atoms with Crippen molar-refractivity contribution in [2.75, 3.05) is 13.2 Å². The van der Waals surface area contributed by atoms with Gasteiger partial charge in [-0.1, -0.05) is 6.07 Å². The molecule has 2 fully saturated rings. The third-order valence-corrected chi connectivity index (χ3v) is 4.82. The van der Waals surface area contributed by atoms with Crippen LogP contribution < -0.4 is 9.47 Å². The highest BCUT2D eigenvalue weighted by Gasteiger charge is 2.39. The van der Waals surface area contributed by atoms with Gasteiger partial charge in [-0.2, -0.15) is 8.78 Å². The van der Waals surface area contributed by atoms with Crippen LogP contribution in [0, 0.1) is 5.92 Å². The molecular weight excluding hydrogens is 348 g/mol. The van der Waals surface area contributed by atoms with E-state index in [4.69, 9.17) is 4.74 Å². The zero-order valence-electron chi connectivity index (χ0n) is 14.4. The number of carboxylic acid groups (broad SMARTS) is 1. The number of ether oxygens (including phenoxy) is 2. The van der Waals surface area contributed by atoms with E-state index in [1.807, 2.05) is 0 Å². The summed E-state index contributed by atoms with van der Waals surface area (Å²) in [6.45, 7) is -0.920. The minimum atomic E-state index is -2.96. The van der Waals surface area contributed by atoms with Gasteiger partial charge in [-0.25, -0.2) is 4.79 Å². The fraction of sp³-hybridized carbons (Fsp3) is 0.556. The van der Waals surface area contributed by atoms with E-state index < -0.39 is 18.6 Å². The number of amides is 1. The van der Waals surface area contributed by atoms with E-state index >= 15 is 0 Å². The highest BCUT2D eigenvalue weighted by molar-refractivity contribution is 5.83. The second-order valence-electron chi connectivity index (χ2n) is 6.80. The molecule has 0 spiro atoms. The zero-order chi connectivity index (χ0) is 18.8. The van der Waals surface area contributed by atoms with Crippen molar-refractivity contribution in [2.45, 2.75) is 44.8 Å². The third-order valence-electron chi connectivity index (χ3n) is 4.82. The van der Waals surface area contributed by atoms with E-state index in [-0.39, 0.29) is 36.3 Å². The lowest BCUT2D eigenvalue weighted by Gasteiger charge is -2.19. The van der Waals surface area contributed by atoms with E-state index in [1.165, 1.54) is 17.9 Å². The fourth-order valence-electron chi connectivity index (χ4n) is 3.24. The van der Waals surface area contributed by atoms with Crippen molar-refractivity contribution in [1.82, 2.24) is 4.90 Å². The molecular formula is C18H21F2NO5. The Labute approximate surface area is 149 Å². The first-order valence-electron chi connectivity index (χ1n) is 8.56. The number of carbonyl (C=O) groups excluding carboxylic acids is 1. The van der Waals surface area contributed by atoms with Crippen LogP contribution in [-0.4, -0.2) is 47.7 Å². The summed E-state index contributed by atoms with van der Waals surface area (Å²) in [5, 5.41) is 9.33. The Kier molecular flexibility index (Phi) is 5.29. The Morgan fingerprint density at radius 2 is 2.04 bits per heavy atom. The maximum absolute atomic E-state index is 12.6. The molecule has 1 aliphatic heterocycles. The van der Waals surface area contributed by atoms with E-state index in [9.17, 15) is 23.5 Å². The van der Waals surface area contributed by atoms with Crippen molar-refractivity contribution in [3.8, 4) is 11.5 Å². The Morgan fingerprint density at radius 1 is 1.31 bits per heavy atom. The van der Waals surface area contributed by atoms with Gasteiger partial charge in [0.2, 0.25) is 5.91 Å². The van der Waals surface area contributed by atoms with E-state index in [0.717, 1.165) is 18.4 Å². The first-order chi connectivity index (χ1) is 12.3. The SMILES string of the molecule is CC(=O)N1CC(c2ccc(OC(F)F)c(OCC3CC3)c2)CC1C(=O)O. The molecule has 0 aromatic heterocycles. The van der Waals surface area contributed by atoms with Gasteiger partial charge in [-0.15, -0.1) is 0 Å². The van der Waals surface area contributed by atoms with Gasteiger partial charge >= 0.3 is 12.6 Å². The zero-order valence-corrected chi connectivity index (χ0v) is 14.4. The normalized spacial score (nSPS) is 22.5. The van der Waals surface area contributed by atoms with E-state index in [0.29, 0.717) is 12.5 Å². The lowest BCUT2D eigenvalue weighted by molar-refractivity contribution is -0.147. The molecule has 1 N–H and O–H groups in total. The average Bonchev–Trinajstić information content (AvgIpc) is 3.28. The summed E-state index contributed by atoms with van der Waals surface area (Å²) in [5.41, 5.74) is 0.743. The quantitative estimate of drug-likeness (QED) is 0.800. The molecule has 8 heteroatoms. The first kappa shape index (κ1) is 18.4. The maximum Gasteiger partial charge on any atom is 0.387 e. The molecule has 1 aromatic rings. The fourth-order valence-corrected chi connectivity index (χ4v) is 3.24. The van der Waals surface area contributed by atoms with Crippen molar-refractivity contribution < 1.29 is 33.0 Å². The predicted octanol–water partition coefficient (Wildman–Crippen LogP) is 2.87. The lowest BCUT2D eigenvalue weighted by Crippen LogP contribution is -2.39. The topological polar surface area (TPSA) is 76.1 Å². The molecule has 1 saturated carbocycles. The average molecular weight is 369 g/mol. The van der Waals surface area contributed by atoms with Crippen LogP contribution in [0.4, 0.5) is 8.78 Å². The minimum absolute atomic E-state index is 0.0411. The monoisotopic (exact) mass is 369 g/mol. The van der Waals surface area contributed by atoms with Gasteiger partial charge in [0, 0.05) is 19.4 Å². The van der Waals surface area contributed by atoms with Gasteiger partial charge in [0.05, 0.1) is 6.61 Å². The summed E-state index contributed by atoms with van der Waals surface area (Å²) in [6, 6.07) is 3.77. The number of halogens is 2. The Balaban J connectivity index is 1.81. The van der Waals surface area contributed by atoms with Crippen molar-refractivity contribution in [3.63, 3.8) is 0 Å². The molecule has 2 aliphatic rings. The second kappa shape index (κ2) is 7.47. The summed E-state index contributed by atoms with van der Waals surface area (Å²) in [7, 11) is 0. The van der Waals surface area contributed by atoms with Crippen LogP contribution in [0.25, 0.3) is 0 Å². The van der Waals surface area contributed by atoms with Crippen molar-refractivity contribution in [1.29, 1.82) is 0 Å². The largest absolute Gasteiger partial charge is 0.489 e. The summed E-state index contributed by atoms with van der Waals surface area (Å²) in [4.78, 5) is 24.4. The molecule has 1 amide bonds. The van der Waals surface area contributed by atoms with Gasteiger partial charge < -0.3 is 19.5 Å². The molecule has 1 heterocycles. The number of alkyl halides is 2. The number of hydrogen-bond donors (Lipinski definition) is 1. The Hall–Kier alpha value is -2.38. The molecule has 1 saturated heterocycles. The number of carboxylic acids is 1. The van der Waals surface area contributed by atoms with Gasteiger partial charge in [-0.3, -0.25) is 4.79 Å². The van der Waals surface area contributed by atoms with Crippen LogP contribution in [0.15, 0.2) is 18.2 Å². The van der Waals surface area contributed by atoms with Crippen molar-refractivity contribution >= 4 is 11.9 Å². The molecule has 26 heavy (non-hydrogen) atoms. The molecule has 2 atom stereocenters. The Bertz CT molecular complexity index is 670. The van der Waals surface area contributed by atoms with Crippen LogP contribution in [0.1, 0.15) is 37.7 Å². The number of carbonyl (C=O) groups is 2. The number of benzene rings is 1. The summed E-state index contributed by atoms with van der Waals surface area (Å²) >= 11 is 0. The minimum Gasteiger partial charge on any atom is -0.489 e. The maximum atomic E-state index is 12.6. The van der Waals surface area contributed by atoms with Crippen molar-refractivity contribution in [2.24, 2.45) is 5.92 Å². The van der Waals surface area contributed by atoms with Crippen LogP contribution in [0.5, 0.6) is 11.5 Å². The highest BCUT2D eigenvalue weighted by atomic mass is 19.3. The molecule has 0 radical (unpaired) electrons. The molecule has 1 aliphatic carbocycles. The first-order valence-corrected chi connectivity index (χ1v) is 8.56. The molecule has 3 rings (SSSR count). The van der Waals surface area contributed by atoms with Gasteiger partial charge in [0.15, 0.2) is 11.5 Å². The van der Waals surface area contributed by atoms with Crippen LogP contribution in [0.2, 0.25) is 0 Å². The van der Waals surface area contributed by atoms with Crippen LogP contribution in [0.3, 0.4) is 0 Å². The molecule has 6 nitrogen and oxygen atoms in total. The molecule has 142 valence electrons. The highest BCUT2D eigenvalue weighted by Crippen LogP contribution is 2.38. The standard InChI is InChI=1S/C18H21F2NO5/c1-10(22)21-8-13(6-14(21)17(23)24)12-4-5-15(26-18(19)20)16(7-12)25-9-11-2-3-11/h4-5,7,11,13-14,18H,2-3,6,8-9H2,1H3,(H,23,24). The lowest BCUT2D eigenvalue weighted by atomic mass is 9.96. The number of rotatable bonds is 7. The number of aliphatic carboxylic acids is 1.